The normalized spacial score (nSPS) is 15.7. The van der Waals surface area contributed by atoms with Crippen LogP contribution < -0.4 is 11.1 Å². The topological polar surface area (TPSA) is 84.7 Å². The van der Waals surface area contributed by atoms with Crippen LogP contribution in [0.3, 0.4) is 0 Å². The monoisotopic (exact) mass is 347 g/mol. The number of likely N-dealkylation sites (tertiary alicyclic amines) is 1. The summed E-state index contributed by atoms with van der Waals surface area (Å²) < 4.78 is 5.27. The number of anilines is 1. The van der Waals surface area contributed by atoms with Crippen molar-refractivity contribution < 1.29 is 14.3 Å². The molecule has 1 aliphatic rings. The zero-order valence-electron chi connectivity index (χ0n) is 15.4. The van der Waals surface area contributed by atoms with Crippen LogP contribution in [0.2, 0.25) is 0 Å². The van der Waals surface area contributed by atoms with Gasteiger partial charge < -0.3 is 20.7 Å². The van der Waals surface area contributed by atoms with Gasteiger partial charge in [-0.25, -0.2) is 4.79 Å². The van der Waals surface area contributed by atoms with Crippen LogP contribution in [0.25, 0.3) is 0 Å². The molecule has 2 rings (SSSR count). The number of nitrogens with zero attached hydrogens (tertiary/aromatic N) is 1. The lowest BCUT2D eigenvalue weighted by Crippen LogP contribution is -2.47. The predicted molar refractivity (Wildman–Crippen MR) is 98.1 cm³/mol. The number of nitrogens with one attached hydrogen (secondary N) is 1. The molecule has 1 heterocycles. The number of hydrogen-bond acceptors (Lipinski definition) is 4. The molecule has 1 aliphatic heterocycles. The fourth-order valence-corrected chi connectivity index (χ4v) is 2.91. The van der Waals surface area contributed by atoms with Crippen LogP contribution in [-0.2, 0) is 16.0 Å². The average molecular weight is 347 g/mol. The maximum absolute atomic E-state index is 12.4. The Labute approximate surface area is 149 Å². The van der Waals surface area contributed by atoms with E-state index in [2.05, 4.69) is 5.32 Å². The first-order chi connectivity index (χ1) is 11.7. The smallest absolute Gasteiger partial charge is 0.407 e. The van der Waals surface area contributed by atoms with Crippen molar-refractivity contribution in [3.05, 3.63) is 29.8 Å². The SMILES string of the molecule is CC(C)(C)OC(=O)NC1CCN(C(=O)CCc2cccc(N)c2)CC1. The minimum Gasteiger partial charge on any atom is -0.444 e. The number of alkyl carbamates (subject to hydrolysis) is 1. The lowest BCUT2D eigenvalue weighted by molar-refractivity contribution is -0.132. The molecule has 1 aromatic rings. The summed E-state index contributed by atoms with van der Waals surface area (Å²) in [7, 11) is 0. The van der Waals surface area contributed by atoms with E-state index in [0.717, 1.165) is 24.1 Å². The summed E-state index contributed by atoms with van der Waals surface area (Å²) in [6.07, 6.45) is 2.29. The van der Waals surface area contributed by atoms with Crippen molar-refractivity contribution in [1.82, 2.24) is 10.2 Å². The van der Waals surface area contributed by atoms with Crippen LogP contribution in [0, 0.1) is 0 Å². The molecule has 0 spiro atoms. The van der Waals surface area contributed by atoms with Crippen LogP contribution in [-0.4, -0.2) is 41.6 Å². The van der Waals surface area contributed by atoms with E-state index in [-0.39, 0.29) is 18.0 Å². The van der Waals surface area contributed by atoms with Crippen LogP contribution in [0.4, 0.5) is 10.5 Å². The number of amides is 2. The van der Waals surface area contributed by atoms with E-state index in [1.165, 1.54) is 0 Å². The first-order valence-corrected chi connectivity index (χ1v) is 8.84. The number of piperidine rings is 1. The molecule has 0 unspecified atom stereocenters. The van der Waals surface area contributed by atoms with E-state index in [1.807, 2.05) is 49.9 Å². The summed E-state index contributed by atoms with van der Waals surface area (Å²) >= 11 is 0. The second-order valence-corrected chi connectivity index (χ2v) is 7.55. The van der Waals surface area contributed by atoms with Gasteiger partial charge in [0.2, 0.25) is 5.91 Å². The molecule has 6 heteroatoms. The van der Waals surface area contributed by atoms with Crippen molar-refractivity contribution in [2.24, 2.45) is 0 Å². The van der Waals surface area contributed by atoms with Crippen molar-refractivity contribution in [3.8, 4) is 0 Å². The Morgan fingerprint density at radius 3 is 2.56 bits per heavy atom. The summed E-state index contributed by atoms with van der Waals surface area (Å²) in [5.41, 5.74) is 7.06. The molecule has 0 atom stereocenters. The van der Waals surface area contributed by atoms with Crippen molar-refractivity contribution in [2.75, 3.05) is 18.8 Å². The van der Waals surface area contributed by atoms with Crippen molar-refractivity contribution >= 4 is 17.7 Å². The molecule has 0 aromatic heterocycles. The highest BCUT2D eigenvalue weighted by Crippen LogP contribution is 2.15. The lowest BCUT2D eigenvalue weighted by atomic mass is 10.0. The third-order valence-electron chi connectivity index (χ3n) is 4.15. The number of carbonyl (C=O) groups excluding carboxylic acids is 2. The van der Waals surface area contributed by atoms with Crippen molar-refractivity contribution in [3.63, 3.8) is 0 Å². The Balaban J connectivity index is 1.72. The highest BCUT2D eigenvalue weighted by atomic mass is 16.6. The standard InChI is InChI=1S/C19H29N3O3/c1-19(2,3)25-18(24)21-16-9-11-22(12-10-16)17(23)8-7-14-5-4-6-15(20)13-14/h4-6,13,16H,7-12,20H2,1-3H3,(H,21,24). The lowest BCUT2D eigenvalue weighted by Gasteiger charge is -2.33. The molecule has 6 nitrogen and oxygen atoms in total. The Hall–Kier alpha value is -2.24. The largest absolute Gasteiger partial charge is 0.444 e. The maximum atomic E-state index is 12.4. The number of benzene rings is 1. The van der Waals surface area contributed by atoms with Gasteiger partial charge in [-0.15, -0.1) is 0 Å². The summed E-state index contributed by atoms with van der Waals surface area (Å²) in [6, 6.07) is 7.70. The van der Waals surface area contributed by atoms with E-state index in [9.17, 15) is 9.59 Å². The number of rotatable bonds is 4. The minimum absolute atomic E-state index is 0.0628. The molecule has 3 N–H and O–H groups in total. The molecule has 0 bridgehead atoms. The van der Waals surface area contributed by atoms with Crippen LogP contribution in [0.15, 0.2) is 24.3 Å². The predicted octanol–water partition coefficient (Wildman–Crippen LogP) is 2.72. The molecular weight excluding hydrogens is 318 g/mol. The van der Waals surface area contributed by atoms with Gasteiger partial charge >= 0.3 is 6.09 Å². The Bertz CT molecular complexity index is 602. The van der Waals surface area contributed by atoms with Crippen LogP contribution in [0.1, 0.15) is 45.6 Å². The quantitative estimate of drug-likeness (QED) is 0.820. The minimum atomic E-state index is -0.498. The number of nitrogens with two attached hydrogens (primary N) is 1. The fourth-order valence-electron chi connectivity index (χ4n) is 2.91. The van der Waals surface area contributed by atoms with E-state index < -0.39 is 5.60 Å². The highest BCUT2D eigenvalue weighted by Gasteiger charge is 2.25. The van der Waals surface area contributed by atoms with E-state index >= 15 is 0 Å². The Morgan fingerprint density at radius 2 is 1.96 bits per heavy atom. The number of hydrogen-bond donors (Lipinski definition) is 2. The van der Waals surface area contributed by atoms with Gasteiger partial charge in [0.15, 0.2) is 0 Å². The van der Waals surface area contributed by atoms with Gasteiger partial charge in [-0.05, 0) is 57.7 Å². The Morgan fingerprint density at radius 1 is 1.28 bits per heavy atom. The first kappa shape index (κ1) is 19.1. The zero-order valence-corrected chi connectivity index (χ0v) is 15.4. The second-order valence-electron chi connectivity index (χ2n) is 7.55. The molecule has 1 aromatic carbocycles. The van der Waals surface area contributed by atoms with Crippen molar-refractivity contribution in [2.45, 2.75) is 58.1 Å². The fraction of sp³-hybridized carbons (Fsp3) is 0.579. The molecule has 0 saturated carbocycles. The van der Waals surface area contributed by atoms with Gasteiger partial charge in [-0.1, -0.05) is 12.1 Å². The van der Waals surface area contributed by atoms with E-state index in [4.69, 9.17) is 10.5 Å². The molecule has 0 aliphatic carbocycles. The number of aryl methyl sites for hydroxylation is 1. The maximum Gasteiger partial charge on any atom is 0.407 e. The molecule has 1 saturated heterocycles. The molecule has 138 valence electrons. The van der Waals surface area contributed by atoms with Gasteiger partial charge in [-0.3, -0.25) is 4.79 Å². The molecular formula is C19H29N3O3. The number of carbonyl (C=O) groups is 2. The van der Waals surface area contributed by atoms with Gasteiger partial charge in [0.05, 0.1) is 0 Å². The van der Waals surface area contributed by atoms with Crippen LogP contribution in [0.5, 0.6) is 0 Å². The van der Waals surface area contributed by atoms with Gasteiger partial charge in [0.25, 0.3) is 0 Å². The second kappa shape index (κ2) is 8.23. The Kier molecular flexibility index (Phi) is 6.28. The summed E-state index contributed by atoms with van der Waals surface area (Å²) in [5, 5.41) is 2.89. The number of ether oxygens (including phenoxy) is 1. The summed E-state index contributed by atoms with van der Waals surface area (Å²) in [5.74, 6) is 0.151. The third kappa shape index (κ3) is 6.64. The summed E-state index contributed by atoms with van der Waals surface area (Å²) in [4.78, 5) is 26.0. The van der Waals surface area contributed by atoms with E-state index in [1.54, 1.807) is 0 Å². The zero-order chi connectivity index (χ0) is 18.4. The summed E-state index contributed by atoms with van der Waals surface area (Å²) in [6.45, 7) is 6.85. The van der Waals surface area contributed by atoms with Gasteiger partial charge in [0, 0.05) is 31.2 Å². The van der Waals surface area contributed by atoms with Gasteiger partial charge in [-0.2, -0.15) is 0 Å². The molecule has 25 heavy (non-hydrogen) atoms. The highest BCUT2D eigenvalue weighted by molar-refractivity contribution is 5.76. The molecule has 2 amide bonds. The first-order valence-electron chi connectivity index (χ1n) is 8.84. The van der Waals surface area contributed by atoms with Gasteiger partial charge in [0.1, 0.15) is 5.60 Å². The third-order valence-corrected chi connectivity index (χ3v) is 4.15. The van der Waals surface area contributed by atoms with Crippen LogP contribution >= 0.6 is 0 Å². The molecule has 1 fully saturated rings. The van der Waals surface area contributed by atoms with Crippen molar-refractivity contribution in [1.29, 1.82) is 0 Å². The van der Waals surface area contributed by atoms with E-state index in [0.29, 0.717) is 25.9 Å². The number of nitrogen functional groups attached to an aromatic ring is 1. The molecule has 0 radical (unpaired) electrons. The average Bonchev–Trinajstić information content (AvgIpc) is 2.51.